The molecule has 2 aromatic heterocycles. The van der Waals surface area contributed by atoms with Crippen LogP contribution in [0.3, 0.4) is 0 Å². The number of nitrogens with one attached hydrogen (secondary N) is 1. The van der Waals surface area contributed by atoms with Gasteiger partial charge in [0.2, 0.25) is 5.88 Å². The van der Waals surface area contributed by atoms with Crippen molar-refractivity contribution >= 4 is 11.9 Å². The molecule has 0 spiro atoms. The summed E-state index contributed by atoms with van der Waals surface area (Å²) < 4.78 is 11.1. The van der Waals surface area contributed by atoms with Crippen LogP contribution >= 0.6 is 0 Å². The first-order chi connectivity index (χ1) is 12.0. The molecule has 0 unspecified atom stereocenters. The zero-order valence-electron chi connectivity index (χ0n) is 13.9. The highest BCUT2D eigenvalue weighted by molar-refractivity contribution is 5.94. The van der Waals surface area contributed by atoms with Gasteiger partial charge in [-0.05, 0) is 44.7 Å². The number of amides is 1. The first-order valence-electron chi connectivity index (χ1n) is 8.26. The Hall–Kier alpha value is -2.83. The number of furan rings is 1. The second-order valence-electron chi connectivity index (χ2n) is 6.08. The van der Waals surface area contributed by atoms with Gasteiger partial charge in [0.25, 0.3) is 5.91 Å². The molecule has 2 N–H and O–H groups in total. The van der Waals surface area contributed by atoms with Crippen LogP contribution in [0.5, 0.6) is 5.88 Å². The third-order valence-electron chi connectivity index (χ3n) is 4.21. The number of hydrogen-bond acceptors (Lipinski definition) is 5. The van der Waals surface area contributed by atoms with Crippen molar-refractivity contribution in [3.63, 3.8) is 0 Å². The van der Waals surface area contributed by atoms with E-state index in [1.54, 1.807) is 19.1 Å². The van der Waals surface area contributed by atoms with Crippen LogP contribution in [-0.4, -0.2) is 28.1 Å². The molecule has 3 rings (SSSR count). The van der Waals surface area contributed by atoms with Crippen molar-refractivity contribution in [1.29, 1.82) is 0 Å². The largest absolute Gasteiger partial charge is 0.478 e. The Kier molecular flexibility index (Phi) is 5.02. The van der Waals surface area contributed by atoms with E-state index in [0.717, 1.165) is 12.8 Å². The molecule has 25 heavy (non-hydrogen) atoms. The lowest BCUT2D eigenvalue weighted by molar-refractivity contribution is 0.0694. The maximum atomic E-state index is 12.1. The van der Waals surface area contributed by atoms with Crippen LogP contribution in [-0.2, 0) is 6.54 Å². The van der Waals surface area contributed by atoms with E-state index in [1.807, 2.05) is 0 Å². The maximum Gasteiger partial charge on any atom is 0.339 e. The van der Waals surface area contributed by atoms with Crippen LogP contribution in [0.25, 0.3) is 0 Å². The fourth-order valence-electron chi connectivity index (χ4n) is 2.87. The predicted molar refractivity (Wildman–Crippen MR) is 88.7 cm³/mol. The van der Waals surface area contributed by atoms with Gasteiger partial charge in [-0.1, -0.05) is 0 Å². The van der Waals surface area contributed by atoms with E-state index in [9.17, 15) is 9.59 Å². The zero-order chi connectivity index (χ0) is 17.8. The molecule has 0 bridgehead atoms. The average Bonchev–Trinajstić information content (AvgIpc) is 3.23. The van der Waals surface area contributed by atoms with Gasteiger partial charge in [0, 0.05) is 12.3 Å². The molecule has 2 heterocycles. The number of carbonyl (C=O) groups is 2. The number of carbonyl (C=O) groups excluding carboxylic acids is 1. The van der Waals surface area contributed by atoms with Crippen molar-refractivity contribution in [2.45, 2.75) is 45.3 Å². The summed E-state index contributed by atoms with van der Waals surface area (Å²) in [5.41, 5.74) is 0.500. The highest BCUT2D eigenvalue weighted by Gasteiger charge is 2.17. The Balaban J connectivity index is 1.55. The summed E-state index contributed by atoms with van der Waals surface area (Å²) in [4.78, 5) is 27.3. The Morgan fingerprint density at radius 3 is 2.72 bits per heavy atom. The summed E-state index contributed by atoms with van der Waals surface area (Å²) in [5.74, 6) is -0.146. The van der Waals surface area contributed by atoms with Gasteiger partial charge in [0.1, 0.15) is 23.2 Å². The van der Waals surface area contributed by atoms with E-state index < -0.39 is 5.97 Å². The molecule has 0 atom stereocenters. The first kappa shape index (κ1) is 17.0. The van der Waals surface area contributed by atoms with Crippen molar-refractivity contribution in [2.75, 3.05) is 0 Å². The van der Waals surface area contributed by atoms with Gasteiger partial charge in [0.15, 0.2) is 0 Å². The van der Waals surface area contributed by atoms with E-state index in [4.69, 9.17) is 14.3 Å². The smallest absolute Gasteiger partial charge is 0.339 e. The van der Waals surface area contributed by atoms with Crippen molar-refractivity contribution in [3.05, 3.63) is 47.0 Å². The summed E-state index contributed by atoms with van der Waals surface area (Å²) in [7, 11) is 0. The normalized spacial score (nSPS) is 14.4. The number of ether oxygens (including phenoxy) is 1. The van der Waals surface area contributed by atoms with Gasteiger partial charge < -0.3 is 19.6 Å². The number of rotatable bonds is 6. The monoisotopic (exact) mass is 344 g/mol. The van der Waals surface area contributed by atoms with Crippen LogP contribution in [0.1, 0.15) is 57.9 Å². The van der Waals surface area contributed by atoms with E-state index >= 15 is 0 Å². The molecule has 1 aliphatic rings. The van der Waals surface area contributed by atoms with E-state index in [1.165, 1.54) is 25.1 Å². The molecule has 1 aliphatic carbocycles. The lowest BCUT2D eigenvalue weighted by atomic mass is 10.2. The van der Waals surface area contributed by atoms with Gasteiger partial charge in [-0.25, -0.2) is 9.78 Å². The highest BCUT2D eigenvalue weighted by Crippen LogP contribution is 2.23. The fourth-order valence-corrected chi connectivity index (χ4v) is 2.87. The first-order valence-corrected chi connectivity index (χ1v) is 8.26. The molecule has 2 aromatic rings. The molecule has 0 saturated heterocycles. The van der Waals surface area contributed by atoms with Gasteiger partial charge in [-0.2, -0.15) is 0 Å². The van der Waals surface area contributed by atoms with Crippen molar-refractivity contribution in [1.82, 2.24) is 10.3 Å². The molecule has 0 radical (unpaired) electrons. The van der Waals surface area contributed by atoms with Crippen molar-refractivity contribution in [3.8, 4) is 5.88 Å². The van der Waals surface area contributed by atoms with Gasteiger partial charge in [-0.3, -0.25) is 4.79 Å². The van der Waals surface area contributed by atoms with Crippen molar-refractivity contribution in [2.24, 2.45) is 0 Å². The summed E-state index contributed by atoms with van der Waals surface area (Å²) in [6.07, 6.45) is 6.14. The third kappa shape index (κ3) is 4.17. The summed E-state index contributed by atoms with van der Waals surface area (Å²) in [5, 5.41) is 11.7. The minimum absolute atomic E-state index is 0.0966. The molecule has 7 heteroatoms. The van der Waals surface area contributed by atoms with E-state index in [-0.39, 0.29) is 24.1 Å². The van der Waals surface area contributed by atoms with Crippen LogP contribution < -0.4 is 10.1 Å². The number of aromatic nitrogens is 1. The number of nitrogens with zero attached hydrogens (tertiary/aromatic N) is 1. The molecule has 0 aromatic carbocycles. The molecule has 1 amide bonds. The maximum absolute atomic E-state index is 12.1. The molecule has 1 saturated carbocycles. The Morgan fingerprint density at radius 1 is 1.36 bits per heavy atom. The van der Waals surface area contributed by atoms with Gasteiger partial charge in [-0.15, -0.1) is 0 Å². The molecule has 132 valence electrons. The number of hydrogen-bond donors (Lipinski definition) is 2. The minimum Gasteiger partial charge on any atom is -0.478 e. The van der Waals surface area contributed by atoms with Crippen LogP contribution in [0.2, 0.25) is 0 Å². The average molecular weight is 344 g/mol. The third-order valence-corrected chi connectivity index (χ3v) is 4.21. The van der Waals surface area contributed by atoms with Crippen LogP contribution in [0.4, 0.5) is 0 Å². The lowest BCUT2D eigenvalue weighted by Gasteiger charge is -2.12. The highest BCUT2D eigenvalue weighted by atomic mass is 16.5. The fraction of sp³-hybridized carbons (Fsp3) is 0.389. The Labute approximate surface area is 145 Å². The number of aromatic carboxylic acids is 1. The predicted octanol–water partition coefficient (Wildman–Crippen LogP) is 2.93. The Morgan fingerprint density at radius 2 is 2.12 bits per heavy atom. The quantitative estimate of drug-likeness (QED) is 0.835. The van der Waals surface area contributed by atoms with E-state index in [2.05, 4.69) is 10.3 Å². The standard InChI is InChI=1S/C18H20N2O5/c1-11-15(18(22)23)8-14(24-11)10-20-17(21)12-6-7-16(19-9-12)25-13-4-2-3-5-13/h6-9,13H,2-5,10H2,1H3,(H,20,21)(H,22,23). The summed E-state index contributed by atoms with van der Waals surface area (Å²) >= 11 is 0. The number of carboxylic acid groups (broad SMARTS) is 1. The number of pyridine rings is 1. The SMILES string of the molecule is Cc1oc(CNC(=O)c2ccc(OC3CCCC3)nc2)cc1C(=O)O. The minimum atomic E-state index is -1.05. The molecule has 7 nitrogen and oxygen atoms in total. The summed E-state index contributed by atoms with van der Waals surface area (Å²) in [6, 6.07) is 4.75. The van der Waals surface area contributed by atoms with Crippen LogP contribution in [0, 0.1) is 6.92 Å². The van der Waals surface area contributed by atoms with Crippen LogP contribution in [0.15, 0.2) is 28.8 Å². The van der Waals surface area contributed by atoms with Gasteiger partial charge in [0.05, 0.1) is 12.1 Å². The zero-order valence-corrected chi connectivity index (χ0v) is 13.9. The molecular weight excluding hydrogens is 324 g/mol. The summed E-state index contributed by atoms with van der Waals surface area (Å²) in [6.45, 7) is 1.68. The van der Waals surface area contributed by atoms with E-state index in [0.29, 0.717) is 23.0 Å². The topological polar surface area (TPSA) is 102 Å². The van der Waals surface area contributed by atoms with Gasteiger partial charge >= 0.3 is 5.97 Å². The lowest BCUT2D eigenvalue weighted by Crippen LogP contribution is -2.22. The number of carboxylic acids is 1. The van der Waals surface area contributed by atoms with Crippen molar-refractivity contribution < 1.29 is 23.8 Å². The molecule has 1 fully saturated rings. The Bertz CT molecular complexity index is 760. The second kappa shape index (κ2) is 7.38. The second-order valence-corrected chi connectivity index (χ2v) is 6.08. The molecular formula is C18H20N2O5. The molecule has 0 aliphatic heterocycles. The number of aryl methyl sites for hydroxylation is 1.